The molecule has 8 heteroatoms. The Labute approximate surface area is 189 Å². The maximum Gasteiger partial charge on any atom is 0.337 e. The first-order chi connectivity index (χ1) is 15.4. The van der Waals surface area contributed by atoms with Crippen molar-refractivity contribution in [3.8, 4) is 11.3 Å². The summed E-state index contributed by atoms with van der Waals surface area (Å²) in [6.45, 7) is 5.53. The summed E-state index contributed by atoms with van der Waals surface area (Å²) in [6.07, 6.45) is 3.95. The predicted molar refractivity (Wildman–Crippen MR) is 126 cm³/mol. The van der Waals surface area contributed by atoms with Gasteiger partial charge in [0.25, 0.3) is 5.91 Å². The molecule has 1 saturated heterocycles. The molecule has 0 unspecified atom stereocenters. The van der Waals surface area contributed by atoms with Gasteiger partial charge in [-0.3, -0.25) is 4.79 Å². The molecule has 164 valence electrons. The van der Waals surface area contributed by atoms with Crippen LogP contribution in [0.5, 0.6) is 0 Å². The van der Waals surface area contributed by atoms with Gasteiger partial charge in [-0.1, -0.05) is 6.07 Å². The Morgan fingerprint density at radius 3 is 2.75 bits per heavy atom. The zero-order valence-corrected chi connectivity index (χ0v) is 18.7. The smallest absolute Gasteiger partial charge is 0.337 e. The van der Waals surface area contributed by atoms with E-state index in [1.165, 1.54) is 5.01 Å². The average molecular weight is 449 g/mol. The third-order valence-corrected chi connectivity index (χ3v) is 7.29. The molecule has 2 aromatic heterocycles. The fraction of sp³-hybridized carbons (Fsp3) is 0.292. The molecule has 0 radical (unpaired) electrons. The minimum absolute atomic E-state index is 0.200. The summed E-state index contributed by atoms with van der Waals surface area (Å²) in [7, 11) is 0. The maximum absolute atomic E-state index is 12.7. The number of thiazole rings is 1. The number of benzene rings is 1. The molecule has 1 amide bonds. The molecule has 32 heavy (non-hydrogen) atoms. The molecular weight excluding hydrogens is 424 g/mol. The summed E-state index contributed by atoms with van der Waals surface area (Å²) in [5, 5.41) is 19.0. The van der Waals surface area contributed by atoms with Gasteiger partial charge in [-0.2, -0.15) is 0 Å². The summed E-state index contributed by atoms with van der Waals surface area (Å²) < 4.78 is 0. The van der Waals surface area contributed by atoms with Gasteiger partial charge in [-0.15, -0.1) is 11.3 Å². The third-order valence-electron chi connectivity index (χ3n) is 6.29. The van der Waals surface area contributed by atoms with Crippen LogP contribution in [-0.2, 0) is 4.79 Å². The highest BCUT2D eigenvalue weighted by Gasteiger charge is 2.27. The number of carboxylic acid groups (broad SMARTS) is 1. The van der Waals surface area contributed by atoms with E-state index < -0.39 is 5.97 Å². The van der Waals surface area contributed by atoms with E-state index in [1.807, 2.05) is 18.2 Å². The number of H-pyrrole nitrogens is 1. The number of aromatic nitrogens is 2. The van der Waals surface area contributed by atoms with Crippen molar-refractivity contribution >= 4 is 40.5 Å². The van der Waals surface area contributed by atoms with Crippen molar-refractivity contribution < 1.29 is 14.7 Å². The van der Waals surface area contributed by atoms with Crippen LogP contribution in [0.2, 0.25) is 0 Å². The lowest BCUT2D eigenvalue weighted by atomic mass is 9.99. The SMILES string of the molecule is Cc1[nH]c(C=C2C(=O)Nc3ccc(-c4csc(C5CCNCC5)n4)cc32)c(C)c1C(=O)O. The minimum atomic E-state index is -0.979. The van der Waals surface area contributed by atoms with Gasteiger partial charge >= 0.3 is 5.97 Å². The largest absolute Gasteiger partial charge is 0.478 e. The molecule has 0 aliphatic carbocycles. The van der Waals surface area contributed by atoms with Crippen molar-refractivity contribution in [1.82, 2.24) is 15.3 Å². The second kappa shape index (κ2) is 8.03. The Kier molecular flexibility index (Phi) is 5.19. The van der Waals surface area contributed by atoms with Crippen molar-refractivity contribution in [1.29, 1.82) is 0 Å². The number of carbonyl (C=O) groups is 2. The quantitative estimate of drug-likeness (QED) is 0.442. The number of aryl methyl sites for hydroxylation is 1. The van der Waals surface area contributed by atoms with E-state index in [1.54, 1.807) is 31.3 Å². The zero-order valence-electron chi connectivity index (χ0n) is 17.9. The van der Waals surface area contributed by atoms with E-state index in [2.05, 4.69) is 21.0 Å². The Balaban J connectivity index is 1.51. The number of nitrogens with one attached hydrogen (secondary N) is 3. The van der Waals surface area contributed by atoms with E-state index >= 15 is 0 Å². The first kappa shape index (κ1) is 20.7. The number of rotatable bonds is 4. The predicted octanol–water partition coefficient (Wildman–Crippen LogP) is 4.41. The Morgan fingerprint density at radius 1 is 1.25 bits per heavy atom. The molecular formula is C24H24N4O3S. The summed E-state index contributed by atoms with van der Waals surface area (Å²) >= 11 is 1.70. The highest BCUT2D eigenvalue weighted by molar-refractivity contribution is 7.10. The second-order valence-corrected chi connectivity index (χ2v) is 9.23. The number of fused-ring (bicyclic) bond motifs is 1. The number of amides is 1. The van der Waals surface area contributed by atoms with Crippen molar-refractivity contribution in [2.45, 2.75) is 32.6 Å². The molecule has 5 rings (SSSR count). The lowest BCUT2D eigenvalue weighted by Gasteiger charge is -2.20. The monoisotopic (exact) mass is 448 g/mol. The summed E-state index contributed by atoms with van der Waals surface area (Å²) in [5.41, 5.74) is 6.01. The van der Waals surface area contributed by atoms with Gasteiger partial charge in [0.1, 0.15) is 0 Å². The molecule has 0 atom stereocenters. The molecule has 4 heterocycles. The van der Waals surface area contributed by atoms with E-state index in [9.17, 15) is 14.7 Å². The molecule has 7 nitrogen and oxygen atoms in total. The number of aromatic amines is 1. The van der Waals surface area contributed by atoms with Crippen LogP contribution in [0.3, 0.4) is 0 Å². The highest BCUT2D eigenvalue weighted by atomic mass is 32.1. The summed E-state index contributed by atoms with van der Waals surface area (Å²) in [6, 6.07) is 5.88. The topological polar surface area (TPSA) is 107 Å². The van der Waals surface area contributed by atoms with E-state index in [0.29, 0.717) is 28.4 Å². The fourth-order valence-corrected chi connectivity index (χ4v) is 5.55. The molecule has 1 aromatic carbocycles. The van der Waals surface area contributed by atoms with Crippen LogP contribution in [0.15, 0.2) is 23.6 Å². The second-order valence-electron chi connectivity index (χ2n) is 8.34. The Morgan fingerprint density at radius 2 is 2.03 bits per heavy atom. The lowest BCUT2D eigenvalue weighted by Crippen LogP contribution is -2.26. The number of nitrogens with zero attached hydrogens (tertiary/aromatic N) is 1. The van der Waals surface area contributed by atoms with Crippen LogP contribution in [0.25, 0.3) is 22.9 Å². The average Bonchev–Trinajstić information content (AvgIpc) is 3.45. The van der Waals surface area contributed by atoms with Crippen molar-refractivity contribution in [3.63, 3.8) is 0 Å². The number of aromatic carboxylic acids is 1. The maximum atomic E-state index is 12.7. The number of carboxylic acids is 1. The van der Waals surface area contributed by atoms with E-state index in [0.717, 1.165) is 48.4 Å². The molecule has 0 spiro atoms. The summed E-state index contributed by atoms with van der Waals surface area (Å²) in [5.74, 6) is -0.674. The number of hydrogen-bond acceptors (Lipinski definition) is 5. The summed E-state index contributed by atoms with van der Waals surface area (Å²) in [4.78, 5) is 32.3. The Hall–Kier alpha value is -3.23. The third kappa shape index (κ3) is 3.55. The standard InChI is InChI=1S/C24H24N4O3S/c1-12-19(26-13(2)21(12)24(30)31)10-17-16-9-15(3-4-18(16)27-22(17)29)20-11-32-23(28-20)14-5-7-25-8-6-14/h3-4,9-11,14,25-26H,5-8H2,1-2H3,(H,27,29)(H,30,31). The molecule has 2 aliphatic heterocycles. The van der Waals surface area contributed by atoms with Crippen LogP contribution in [0.1, 0.15) is 56.6 Å². The van der Waals surface area contributed by atoms with Gasteiger partial charge in [0.05, 0.1) is 21.8 Å². The molecule has 3 aromatic rings. The van der Waals surface area contributed by atoms with Crippen molar-refractivity contribution in [2.24, 2.45) is 0 Å². The van der Waals surface area contributed by atoms with Gasteiger partial charge in [0.2, 0.25) is 0 Å². The van der Waals surface area contributed by atoms with Gasteiger partial charge in [0.15, 0.2) is 0 Å². The van der Waals surface area contributed by atoms with Crippen LogP contribution in [0, 0.1) is 13.8 Å². The number of hydrogen-bond donors (Lipinski definition) is 4. The van der Waals surface area contributed by atoms with Gasteiger partial charge in [0, 0.05) is 39.5 Å². The number of anilines is 1. The molecule has 0 bridgehead atoms. The van der Waals surface area contributed by atoms with E-state index in [-0.39, 0.29) is 11.5 Å². The number of piperidine rings is 1. The van der Waals surface area contributed by atoms with Crippen LogP contribution in [0.4, 0.5) is 5.69 Å². The van der Waals surface area contributed by atoms with Crippen molar-refractivity contribution in [3.05, 3.63) is 56.7 Å². The highest BCUT2D eigenvalue weighted by Crippen LogP contribution is 2.38. The first-order valence-corrected chi connectivity index (χ1v) is 11.6. The normalized spacial score (nSPS) is 17.6. The molecule has 1 fully saturated rings. The molecule has 0 saturated carbocycles. The minimum Gasteiger partial charge on any atom is -0.478 e. The number of carbonyl (C=O) groups excluding carboxylic acids is 1. The van der Waals surface area contributed by atoms with Gasteiger partial charge in [-0.25, -0.2) is 9.78 Å². The first-order valence-electron chi connectivity index (χ1n) is 10.7. The Bertz CT molecular complexity index is 1260. The van der Waals surface area contributed by atoms with Crippen LogP contribution >= 0.6 is 11.3 Å². The van der Waals surface area contributed by atoms with Crippen LogP contribution < -0.4 is 10.6 Å². The fourth-order valence-electron chi connectivity index (χ4n) is 4.55. The van der Waals surface area contributed by atoms with Crippen LogP contribution in [-0.4, -0.2) is 40.0 Å². The van der Waals surface area contributed by atoms with Gasteiger partial charge in [-0.05, 0) is 63.6 Å². The zero-order chi connectivity index (χ0) is 22.4. The van der Waals surface area contributed by atoms with Crippen molar-refractivity contribution in [2.75, 3.05) is 18.4 Å². The lowest BCUT2D eigenvalue weighted by molar-refractivity contribution is -0.110. The van der Waals surface area contributed by atoms with Gasteiger partial charge < -0.3 is 20.7 Å². The molecule has 4 N–H and O–H groups in total. The van der Waals surface area contributed by atoms with E-state index in [4.69, 9.17) is 4.98 Å². The molecule has 2 aliphatic rings.